The van der Waals surface area contributed by atoms with Crippen LogP contribution in [0.25, 0.3) is 0 Å². The van der Waals surface area contributed by atoms with E-state index in [9.17, 15) is 14.4 Å². The van der Waals surface area contributed by atoms with Crippen LogP contribution >= 0.6 is 0 Å². The van der Waals surface area contributed by atoms with Crippen LogP contribution in [0.15, 0.2) is 36.5 Å². The first-order chi connectivity index (χ1) is 39.0. The fourth-order valence-electron chi connectivity index (χ4n) is 10.8. The van der Waals surface area contributed by atoms with Crippen LogP contribution in [0.1, 0.15) is 393 Å². The quantitative estimate of drug-likeness (QED) is 0.0261. The molecule has 0 N–H and O–H groups in total. The summed E-state index contributed by atoms with van der Waals surface area (Å²) in [6, 6.07) is 0. The summed E-state index contributed by atoms with van der Waals surface area (Å²) in [5.41, 5.74) is 0. The number of ether oxygens (including phenoxy) is 3. The van der Waals surface area contributed by atoms with Crippen molar-refractivity contribution in [3.05, 3.63) is 36.5 Å². The number of unbranched alkanes of at least 4 members (excludes halogenated alkanes) is 49. The van der Waals surface area contributed by atoms with Crippen molar-refractivity contribution in [1.82, 2.24) is 0 Å². The lowest BCUT2D eigenvalue weighted by molar-refractivity contribution is -0.167. The van der Waals surface area contributed by atoms with Gasteiger partial charge in [-0.2, -0.15) is 0 Å². The Morgan fingerprint density at radius 1 is 0.253 bits per heavy atom. The summed E-state index contributed by atoms with van der Waals surface area (Å²) in [4.78, 5) is 38.4. The zero-order chi connectivity index (χ0) is 57.1. The van der Waals surface area contributed by atoms with Crippen molar-refractivity contribution < 1.29 is 28.6 Å². The standard InChI is InChI=1S/C73H136O6/c1-4-7-10-13-16-19-22-25-27-29-31-33-35-36-38-39-41-43-45-48-51-54-57-60-63-66-72(75)78-69-70(68-77-71(74)65-62-59-56-53-50-47-24-21-18-15-12-9-6-3)79-73(76)67-64-61-58-55-52-49-46-44-42-40-37-34-32-30-28-26-23-20-17-14-11-8-5-2/h21-22,24-25,29,31,70H,4-20,23,26-28,30,32-69H2,1-3H3/b24-21-,25-22-,31-29-. The highest BCUT2D eigenvalue weighted by molar-refractivity contribution is 5.71. The van der Waals surface area contributed by atoms with E-state index in [0.29, 0.717) is 19.3 Å². The summed E-state index contributed by atoms with van der Waals surface area (Å²) < 4.78 is 17.0. The molecule has 0 aliphatic carbocycles. The van der Waals surface area contributed by atoms with Gasteiger partial charge in [0.25, 0.3) is 0 Å². The minimum Gasteiger partial charge on any atom is -0.462 e. The molecule has 0 fully saturated rings. The number of esters is 3. The third-order valence-corrected chi connectivity index (χ3v) is 16.1. The molecule has 6 heteroatoms. The molecule has 0 aromatic carbocycles. The van der Waals surface area contributed by atoms with Gasteiger partial charge in [0.2, 0.25) is 0 Å². The highest BCUT2D eigenvalue weighted by Gasteiger charge is 2.19. The largest absolute Gasteiger partial charge is 0.462 e. The highest BCUT2D eigenvalue weighted by Crippen LogP contribution is 2.18. The number of hydrogen-bond acceptors (Lipinski definition) is 6. The van der Waals surface area contributed by atoms with Crippen LogP contribution in [0, 0.1) is 0 Å². The van der Waals surface area contributed by atoms with E-state index in [1.807, 2.05) is 0 Å². The first-order valence-electron chi connectivity index (χ1n) is 35.5. The normalized spacial score (nSPS) is 12.2. The van der Waals surface area contributed by atoms with Crippen LogP contribution in [0.2, 0.25) is 0 Å². The molecule has 0 aromatic heterocycles. The molecule has 0 spiro atoms. The van der Waals surface area contributed by atoms with Crippen LogP contribution in [0.3, 0.4) is 0 Å². The van der Waals surface area contributed by atoms with Gasteiger partial charge in [-0.3, -0.25) is 14.4 Å². The Kier molecular flexibility index (Phi) is 66.1. The second-order valence-electron chi connectivity index (χ2n) is 24.1. The average molecular weight is 1110 g/mol. The number of carbonyl (C=O) groups excluding carboxylic acids is 3. The zero-order valence-electron chi connectivity index (χ0n) is 53.4. The second kappa shape index (κ2) is 68.1. The predicted octanol–water partition coefficient (Wildman–Crippen LogP) is 24.3. The van der Waals surface area contributed by atoms with E-state index < -0.39 is 6.10 Å². The van der Waals surface area contributed by atoms with Crippen molar-refractivity contribution in [2.75, 3.05) is 13.2 Å². The Balaban J connectivity index is 4.23. The van der Waals surface area contributed by atoms with Gasteiger partial charge in [-0.25, -0.2) is 0 Å². The summed E-state index contributed by atoms with van der Waals surface area (Å²) in [7, 11) is 0. The average Bonchev–Trinajstić information content (AvgIpc) is 3.45. The maximum atomic E-state index is 13.0. The van der Waals surface area contributed by atoms with Crippen LogP contribution < -0.4 is 0 Å². The second-order valence-corrected chi connectivity index (χ2v) is 24.1. The molecule has 6 nitrogen and oxygen atoms in total. The third kappa shape index (κ3) is 66.3. The van der Waals surface area contributed by atoms with Crippen LogP contribution in [-0.2, 0) is 28.6 Å². The smallest absolute Gasteiger partial charge is 0.306 e. The van der Waals surface area contributed by atoms with Gasteiger partial charge in [-0.15, -0.1) is 0 Å². The van der Waals surface area contributed by atoms with Crippen molar-refractivity contribution in [2.45, 2.75) is 399 Å². The number of carbonyl (C=O) groups is 3. The van der Waals surface area contributed by atoms with Crippen molar-refractivity contribution in [1.29, 1.82) is 0 Å². The molecule has 0 bridgehead atoms. The molecule has 79 heavy (non-hydrogen) atoms. The monoisotopic (exact) mass is 1110 g/mol. The van der Waals surface area contributed by atoms with E-state index in [4.69, 9.17) is 14.2 Å². The van der Waals surface area contributed by atoms with Crippen molar-refractivity contribution >= 4 is 17.9 Å². The Morgan fingerprint density at radius 2 is 0.456 bits per heavy atom. The van der Waals surface area contributed by atoms with Gasteiger partial charge in [0.15, 0.2) is 6.10 Å². The molecule has 0 radical (unpaired) electrons. The Bertz CT molecular complexity index is 1320. The van der Waals surface area contributed by atoms with Gasteiger partial charge in [-0.1, -0.05) is 333 Å². The highest BCUT2D eigenvalue weighted by atomic mass is 16.6. The minimum atomic E-state index is -0.774. The van der Waals surface area contributed by atoms with Crippen molar-refractivity contribution in [3.8, 4) is 0 Å². The van der Waals surface area contributed by atoms with Gasteiger partial charge in [0, 0.05) is 19.3 Å². The number of allylic oxidation sites excluding steroid dienone is 6. The zero-order valence-corrected chi connectivity index (χ0v) is 53.4. The van der Waals surface area contributed by atoms with Crippen molar-refractivity contribution in [3.63, 3.8) is 0 Å². The Hall–Kier alpha value is -2.37. The maximum absolute atomic E-state index is 13.0. The predicted molar refractivity (Wildman–Crippen MR) is 344 cm³/mol. The fourth-order valence-corrected chi connectivity index (χ4v) is 10.8. The van der Waals surface area contributed by atoms with Gasteiger partial charge in [0.05, 0.1) is 0 Å². The minimum absolute atomic E-state index is 0.0702. The lowest BCUT2D eigenvalue weighted by atomic mass is 10.0. The Morgan fingerprint density at radius 3 is 0.722 bits per heavy atom. The molecule has 1 unspecified atom stereocenters. The summed E-state index contributed by atoms with van der Waals surface area (Å²) >= 11 is 0. The summed E-state index contributed by atoms with van der Waals surface area (Å²) in [5, 5.41) is 0. The first-order valence-corrected chi connectivity index (χ1v) is 35.5. The number of hydrogen-bond donors (Lipinski definition) is 0. The SMILES string of the molecule is CCCCCC/C=C\CCCCCCCC(=O)OCC(COC(=O)CCCCCCCCCCCCCCC/C=C\C/C=C\CCCCCCC)OC(=O)CCCCCCCCCCCCCCCCCCCCCCCCC. The maximum Gasteiger partial charge on any atom is 0.306 e. The van der Waals surface area contributed by atoms with Gasteiger partial charge in [0.1, 0.15) is 13.2 Å². The molecule has 464 valence electrons. The van der Waals surface area contributed by atoms with E-state index in [0.717, 1.165) is 70.6 Å². The van der Waals surface area contributed by atoms with Crippen molar-refractivity contribution in [2.24, 2.45) is 0 Å². The summed E-state index contributed by atoms with van der Waals surface area (Å²) in [5.74, 6) is -0.851. The lowest BCUT2D eigenvalue weighted by Gasteiger charge is -2.18. The molecular formula is C73H136O6. The van der Waals surface area contributed by atoms with Gasteiger partial charge >= 0.3 is 17.9 Å². The topological polar surface area (TPSA) is 78.9 Å². The Labute approximate surface area is 493 Å². The van der Waals surface area contributed by atoms with Gasteiger partial charge < -0.3 is 14.2 Å². The van der Waals surface area contributed by atoms with E-state index >= 15 is 0 Å². The first kappa shape index (κ1) is 76.6. The lowest BCUT2D eigenvalue weighted by Crippen LogP contribution is -2.30. The number of rotatable bonds is 66. The summed E-state index contributed by atoms with van der Waals surface area (Å²) in [6.45, 7) is 6.68. The summed E-state index contributed by atoms with van der Waals surface area (Å²) in [6.07, 6.45) is 84.6. The van der Waals surface area contributed by atoms with E-state index in [1.54, 1.807) is 0 Å². The molecule has 0 saturated carbocycles. The van der Waals surface area contributed by atoms with Crippen LogP contribution in [0.4, 0.5) is 0 Å². The molecule has 0 amide bonds. The molecule has 1 atom stereocenters. The van der Waals surface area contributed by atoms with Crippen LogP contribution in [0.5, 0.6) is 0 Å². The fraction of sp³-hybridized carbons (Fsp3) is 0.877. The van der Waals surface area contributed by atoms with E-state index in [2.05, 4.69) is 57.2 Å². The van der Waals surface area contributed by atoms with E-state index in [-0.39, 0.29) is 31.1 Å². The molecule has 0 saturated heterocycles. The molecule has 0 aliphatic heterocycles. The molecular weight excluding hydrogens is 973 g/mol. The molecule has 0 rings (SSSR count). The molecule has 0 aliphatic rings. The van der Waals surface area contributed by atoms with Crippen LogP contribution in [-0.4, -0.2) is 37.2 Å². The third-order valence-electron chi connectivity index (χ3n) is 16.1. The molecule has 0 aromatic rings. The van der Waals surface area contributed by atoms with E-state index in [1.165, 1.54) is 283 Å². The van der Waals surface area contributed by atoms with Gasteiger partial charge in [-0.05, 0) is 77.0 Å². The molecule has 0 heterocycles.